The minimum atomic E-state index is -0.380. The van der Waals surface area contributed by atoms with Crippen LogP contribution in [0.4, 0.5) is 0 Å². The van der Waals surface area contributed by atoms with Crippen LogP contribution in [-0.4, -0.2) is 23.4 Å². The summed E-state index contributed by atoms with van der Waals surface area (Å²) in [5.74, 6) is 1.42. The van der Waals surface area contributed by atoms with Gasteiger partial charge in [-0.15, -0.1) is 0 Å². The first-order valence-electron chi connectivity index (χ1n) is 9.72. The van der Waals surface area contributed by atoms with Crippen molar-refractivity contribution in [1.82, 2.24) is 0 Å². The standard InChI is InChI=1S/C23H31NO2/c1-17(2)26-22-11-7-19(8-12-22)4-3-18-5-9-20(10-6-18)21-13-14-23(24,15-21)16-25/h5-12,17,21,25H,3-4,13-16,24H2,1-2H3/t21-,23-/m1/s1. The summed E-state index contributed by atoms with van der Waals surface area (Å²) < 4.78 is 5.69. The third-order valence-electron chi connectivity index (χ3n) is 5.41. The van der Waals surface area contributed by atoms with Gasteiger partial charge in [-0.1, -0.05) is 36.4 Å². The molecule has 2 aromatic rings. The second-order valence-corrected chi connectivity index (χ2v) is 8.01. The first-order valence-corrected chi connectivity index (χ1v) is 9.72. The molecular formula is C23H31NO2. The third kappa shape index (κ3) is 4.87. The van der Waals surface area contributed by atoms with Crippen molar-refractivity contribution in [1.29, 1.82) is 0 Å². The topological polar surface area (TPSA) is 55.5 Å². The fraction of sp³-hybridized carbons (Fsp3) is 0.478. The van der Waals surface area contributed by atoms with Gasteiger partial charge in [0.1, 0.15) is 5.75 Å². The van der Waals surface area contributed by atoms with Gasteiger partial charge in [-0.2, -0.15) is 0 Å². The molecule has 0 aromatic heterocycles. The SMILES string of the molecule is CC(C)Oc1ccc(CCc2ccc([C@@H]3CC[C@](N)(CO)C3)cc2)cc1. The lowest BCUT2D eigenvalue weighted by Crippen LogP contribution is -2.40. The van der Waals surface area contributed by atoms with Gasteiger partial charge in [0, 0.05) is 5.54 Å². The minimum absolute atomic E-state index is 0.0859. The van der Waals surface area contributed by atoms with Gasteiger partial charge in [0.25, 0.3) is 0 Å². The molecule has 3 heteroatoms. The van der Waals surface area contributed by atoms with E-state index in [0.717, 1.165) is 37.9 Å². The van der Waals surface area contributed by atoms with Crippen LogP contribution in [0.1, 0.15) is 55.7 Å². The van der Waals surface area contributed by atoms with Gasteiger partial charge in [-0.05, 0) is 80.7 Å². The fourth-order valence-electron chi connectivity index (χ4n) is 3.84. The Hall–Kier alpha value is -1.84. The highest BCUT2D eigenvalue weighted by Crippen LogP contribution is 2.39. The van der Waals surface area contributed by atoms with Crippen LogP contribution in [0.15, 0.2) is 48.5 Å². The Bertz CT molecular complexity index is 693. The number of hydrogen-bond acceptors (Lipinski definition) is 3. The Labute approximate surface area is 157 Å². The number of aryl methyl sites for hydroxylation is 2. The molecule has 0 radical (unpaired) electrons. The number of hydrogen-bond donors (Lipinski definition) is 2. The summed E-state index contributed by atoms with van der Waals surface area (Å²) >= 11 is 0. The average Bonchev–Trinajstić information content (AvgIpc) is 3.04. The van der Waals surface area contributed by atoms with Gasteiger partial charge >= 0.3 is 0 Å². The Kier molecular flexibility index (Phi) is 6.00. The van der Waals surface area contributed by atoms with Crippen molar-refractivity contribution in [3.63, 3.8) is 0 Å². The van der Waals surface area contributed by atoms with Crippen LogP contribution in [-0.2, 0) is 12.8 Å². The highest BCUT2D eigenvalue weighted by Gasteiger charge is 2.35. The fourth-order valence-corrected chi connectivity index (χ4v) is 3.84. The molecule has 2 aromatic carbocycles. The molecule has 0 heterocycles. The molecule has 0 bridgehead atoms. The predicted octanol–water partition coefficient (Wildman–Crippen LogP) is 4.22. The highest BCUT2D eigenvalue weighted by molar-refractivity contribution is 5.30. The lowest BCUT2D eigenvalue weighted by Gasteiger charge is -2.21. The van der Waals surface area contributed by atoms with Crippen LogP contribution in [0.25, 0.3) is 0 Å². The zero-order valence-corrected chi connectivity index (χ0v) is 15.9. The van der Waals surface area contributed by atoms with E-state index in [0.29, 0.717) is 5.92 Å². The molecule has 0 amide bonds. The van der Waals surface area contributed by atoms with Gasteiger partial charge in [-0.25, -0.2) is 0 Å². The molecule has 26 heavy (non-hydrogen) atoms. The zero-order chi connectivity index (χ0) is 18.6. The molecule has 140 valence electrons. The van der Waals surface area contributed by atoms with E-state index in [1.807, 2.05) is 13.8 Å². The molecule has 3 nitrogen and oxygen atoms in total. The summed E-state index contributed by atoms with van der Waals surface area (Å²) in [6.07, 6.45) is 5.14. The molecule has 1 aliphatic rings. The first kappa shape index (κ1) is 18.9. The second-order valence-electron chi connectivity index (χ2n) is 8.01. The maximum atomic E-state index is 9.44. The number of ether oxygens (including phenoxy) is 1. The van der Waals surface area contributed by atoms with Crippen molar-refractivity contribution in [3.05, 3.63) is 65.2 Å². The quantitative estimate of drug-likeness (QED) is 0.784. The van der Waals surface area contributed by atoms with Crippen molar-refractivity contribution < 1.29 is 9.84 Å². The van der Waals surface area contributed by atoms with Crippen LogP contribution in [0, 0.1) is 0 Å². The molecule has 3 N–H and O–H groups in total. The summed E-state index contributed by atoms with van der Waals surface area (Å²) in [6, 6.07) is 17.4. The first-order chi connectivity index (χ1) is 12.5. The van der Waals surface area contributed by atoms with Gasteiger partial charge in [0.05, 0.1) is 12.7 Å². The molecule has 2 atom stereocenters. The van der Waals surface area contributed by atoms with Gasteiger partial charge in [-0.3, -0.25) is 0 Å². The molecule has 1 aliphatic carbocycles. The largest absolute Gasteiger partial charge is 0.491 e. The van der Waals surface area contributed by atoms with Crippen LogP contribution in [0.5, 0.6) is 5.75 Å². The van der Waals surface area contributed by atoms with E-state index in [-0.39, 0.29) is 18.2 Å². The summed E-state index contributed by atoms with van der Waals surface area (Å²) in [4.78, 5) is 0. The van der Waals surface area contributed by atoms with Crippen LogP contribution in [0.2, 0.25) is 0 Å². The summed E-state index contributed by atoms with van der Waals surface area (Å²) in [5.41, 5.74) is 9.86. The van der Waals surface area contributed by atoms with Gasteiger partial charge < -0.3 is 15.6 Å². The van der Waals surface area contributed by atoms with Crippen molar-refractivity contribution in [3.8, 4) is 5.75 Å². The highest BCUT2D eigenvalue weighted by atomic mass is 16.5. The summed E-state index contributed by atoms with van der Waals surface area (Å²) in [6.45, 7) is 4.17. The van der Waals surface area contributed by atoms with E-state index in [1.54, 1.807) is 0 Å². The lowest BCUT2D eigenvalue weighted by atomic mass is 9.92. The number of aliphatic hydroxyl groups is 1. The Morgan fingerprint density at radius 1 is 1.04 bits per heavy atom. The maximum Gasteiger partial charge on any atom is 0.119 e. The monoisotopic (exact) mass is 353 g/mol. The molecule has 0 aliphatic heterocycles. The molecule has 0 saturated heterocycles. The third-order valence-corrected chi connectivity index (χ3v) is 5.41. The van der Waals surface area contributed by atoms with E-state index >= 15 is 0 Å². The van der Waals surface area contributed by atoms with Crippen molar-refractivity contribution in [2.24, 2.45) is 5.73 Å². The average molecular weight is 354 g/mol. The van der Waals surface area contributed by atoms with Gasteiger partial charge in [0.2, 0.25) is 0 Å². The Morgan fingerprint density at radius 2 is 1.62 bits per heavy atom. The van der Waals surface area contributed by atoms with E-state index in [4.69, 9.17) is 10.5 Å². The maximum absolute atomic E-state index is 9.44. The van der Waals surface area contributed by atoms with E-state index < -0.39 is 0 Å². The molecular weight excluding hydrogens is 322 g/mol. The molecule has 1 fully saturated rings. The lowest BCUT2D eigenvalue weighted by molar-refractivity contribution is 0.198. The Balaban J connectivity index is 1.53. The van der Waals surface area contributed by atoms with Crippen LogP contribution in [0.3, 0.4) is 0 Å². The van der Waals surface area contributed by atoms with Gasteiger partial charge in [0.15, 0.2) is 0 Å². The van der Waals surface area contributed by atoms with Crippen LogP contribution < -0.4 is 10.5 Å². The second kappa shape index (κ2) is 8.24. The normalized spacial score (nSPS) is 22.7. The smallest absolute Gasteiger partial charge is 0.119 e. The van der Waals surface area contributed by atoms with E-state index in [2.05, 4.69) is 48.5 Å². The van der Waals surface area contributed by atoms with E-state index in [1.165, 1.54) is 16.7 Å². The number of rotatable bonds is 7. The molecule has 1 saturated carbocycles. The molecule has 3 rings (SSSR count). The van der Waals surface area contributed by atoms with E-state index in [9.17, 15) is 5.11 Å². The van der Waals surface area contributed by atoms with Crippen molar-refractivity contribution >= 4 is 0 Å². The number of benzene rings is 2. The zero-order valence-electron chi connectivity index (χ0n) is 15.9. The van der Waals surface area contributed by atoms with Crippen molar-refractivity contribution in [2.45, 2.75) is 63.5 Å². The summed E-state index contributed by atoms with van der Waals surface area (Å²) in [7, 11) is 0. The summed E-state index contributed by atoms with van der Waals surface area (Å²) in [5, 5.41) is 9.44. The molecule has 0 spiro atoms. The van der Waals surface area contributed by atoms with Crippen LogP contribution >= 0.6 is 0 Å². The number of nitrogens with two attached hydrogens (primary N) is 1. The van der Waals surface area contributed by atoms with Crippen molar-refractivity contribution in [2.75, 3.05) is 6.61 Å². The molecule has 0 unspecified atom stereocenters. The minimum Gasteiger partial charge on any atom is -0.491 e. The Morgan fingerprint density at radius 3 is 2.12 bits per heavy atom. The predicted molar refractivity (Wildman–Crippen MR) is 107 cm³/mol. The number of aliphatic hydroxyl groups excluding tert-OH is 1.